The van der Waals surface area contributed by atoms with Gasteiger partial charge in [0.05, 0.1) is 0 Å². The zero-order valence-electron chi connectivity index (χ0n) is 9.82. The molecule has 2 heteroatoms. The molecule has 0 saturated heterocycles. The van der Waals surface area contributed by atoms with Crippen LogP contribution in [0.3, 0.4) is 0 Å². The van der Waals surface area contributed by atoms with Crippen molar-refractivity contribution in [2.75, 3.05) is 0 Å². The average molecular weight is 228 g/mol. The van der Waals surface area contributed by atoms with Crippen LogP contribution in [0.15, 0.2) is 23.3 Å². The number of carbonyl (C=O) groups is 2. The lowest BCUT2D eigenvalue weighted by atomic mass is 9.83. The first-order valence-electron chi connectivity index (χ1n) is 6.75. The Labute approximate surface area is 101 Å². The van der Waals surface area contributed by atoms with E-state index < -0.39 is 0 Å². The fourth-order valence-electron chi connectivity index (χ4n) is 4.35. The topological polar surface area (TPSA) is 34.1 Å². The second-order valence-electron chi connectivity index (χ2n) is 5.93. The maximum absolute atomic E-state index is 12.4. The Hall–Kier alpha value is -1.18. The molecule has 17 heavy (non-hydrogen) atoms. The fourth-order valence-corrected chi connectivity index (χ4v) is 4.35. The molecule has 0 spiro atoms. The van der Waals surface area contributed by atoms with E-state index in [-0.39, 0.29) is 11.8 Å². The first-order valence-corrected chi connectivity index (χ1v) is 6.75. The summed E-state index contributed by atoms with van der Waals surface area (Å²) in [5.74, 6) is 1.35. The molecule has 2 fully saturated rings. The molecule has 0 aliphatic heterocycles. The highest BCUT2D eigenvalue weighted by atomic mass is 16.1. The van der Waals surface area contributed by atoms with Crippen LogP contribution in [0.2, 0.25) is 0 Å². The summed E-state index contributed by atoms with van der Waals surface area (Å²) in [5.41, 5.74) is 2.06. The van der Waals surface area contributed by atoms with Crippen LogP contribution < -0.4 is 0 Å². The Morgan fingerprint density at radius 1 is 0.824 bits per heavy atom. The predicted octanol–water partition coefficient (Wildman–Crippen LogP) is 2.45. The third-order valence-electron chi connectivity index (χ3n) is 5.06. The van der Waals surface area contributed by atoms with Crippen molar-refractivity contribution in [3.8, 4) is 0 Å². The van der Waals surface area contributed by atoms with E-state index in [4.69, 9.17) is 0 Å². The van der Waals surface area contributed by atoms with Crippen LogP contribution >= 0.6 is 0 Å². The molecule has 88 valence electrons. The van der Waals surface area contributed by atoms with Gasteiger partial charge in [0.1, 0.15) is 0 Å². The van der Waals surface area contributed by atoms with E-state index in [0.29, 0.717) is 23.4 Å². The number of hydrogen-bond acceptors (Lipinski definition) is 2. The monoisotopic (exact) mass is 228 g/mol. The molecule has 0 amide bonds. The second-order valence-corrected chi connectivity index (χ2v) is 5.93. The van der Waals surface area contributed by atoms with Gasteiger partial charge in [0.25, 0.3) is 0 Å². The third kappa shape index (κ3) is 1.16. The standard InChI is InChI=1S/C15H16O2/c16-14-8-3-1-2-4-9-6-11-7-10(5-8)12(14)13(11)15(9)17/h5-6,10-13H,1-4,7H2. The van der Waals surface area contributed by atoms with E-state index in [1.165, 1.54) is 0 Å². The summed E-state index contributed by atoms with van der Waals surface area (Å²) in [6.07, 6.45) is 9.39. The Balaban J connectivity index is 1.83. The molecule has 0 radical (unpaired) electrons. The Kier molecular flexibility index (Phi) is 1.84. The smallest absolute Gasteiger partial charge is 0.162 e. The zero-order valence-corrected chi connectivity index (χ0v) is 9.82. The van der Waals surface area contributed by atoms with Crippen molar-refractivity contribution in [2.45, 2.75) is 32.1 Å². The van der Waals surface area contributed by atoms with Gasteiger partial charge in [0.15, 0.2) is 11.6 Å². The lowest BCUT2D eigenvalue weighted by Crippen LogP contribution is -2.27. The van der Waals surface area contributed by atoms with E-state index in [0.717, 1.165) is 43.3 Å². The van der Waals surface area contributed by atoms with Crippen molar-refractivity contribution in [1.82, 2.24) is 0 Å². The Morgan fingerprint density at radius 2 is 1.29 bits per heavy atom. The minimum Gasteiger partial charge on any atom is -0.294 e. The molecule has 0 N–H and O–H groups in total. The number of Topliss-reactive ketones (excluding diaryl/α,β-unsaturated/α-hetero) is 2. The lowest BCUT2D eigenvalue weighted by molar-refractivity contribution is -0.127. The highest BCUT2D eigenvalue weighted by molar-refractivity contribution is 6.08. The van der Waals surface area contributed by atoms with Crippen molar-refractivity contribution in [2.24, 2.45) is 23.7 Å². The van der Waals surface area contributed by atoms with Gasteiger partial charge >= 0.3 is 0 Å². The van der Waals surface area contributed by atoms with Crippen molar-refractivity contribution < 1.29 is 9.59 Å². The molecular formula is C15H16O2. The molecule has 0 aromatic carbocycles. The van der Waals surface area contributed by atoms with Crippen LogP contribution in [0, 0.1) is 23.7 Å². The van der Waals surface area contributed by atoms with Gasteiger partial charge in [0.2, 0.25) is 0 Å². The number of hydrogen-bond donors (Lipinski definition) is 0. The molecule has 2 saturated carbocycles. The normalized spacial score (nSPS) is 43.1. The van der Waals surface area contributed by atoms with E-state index in [2.05, 4.69) is 12.2 Å². The van der Waals surface area contributed by atoms with Crippen LogP contribution in [0.5, 0.6) is 0 Å². The summed E-state index contributed by atoms with van der Waals surface area (Å²) >= 11 is 0. The SMILES string of the molecule is O=C1C2=CC3CC4C=C(CCCC2)C(=O)C4C13. The first kappa shape index (κ1) is 9.81. The molecule has 4 bridgehead atoms. The Morgan fingerprint density at radius 3 is 1.76 bits per heavy atom. The van der Waals surface area contributed by atoms with E-state index >= 15 is 0 Å². The first-order chi connectivity index (χ1) is 8.25. The number of fused-ring (bicyclic) bond motifs is 2. The Bertz CT molecular complexity index is 439. The summed E-state index contributed by atoms with van der Waals surface area (Å²) in [5, 5.41) is 0. The average Bonchev–Trinajstić information content (AvgIpc) is 2.84. The molecular weight excluding hydrogens is 212 g/mol. The van der Waals surface area contributed by atoms with Gasteiger partial charge in [-0.25, -0.2) is 0 Å². The van der Waals surface area contributed by atoms with Crippen molar-refractivity contribution in [3.63, 3.8) is 0 Å². The van der Waals surface area contributed by atoms with Gasteiger partial charge in [-0.05, 0) is 55.1 Å². The fraction of sp³-hybridized carbons (Fsp3) is 0.600. The van der Waals surface area contributed by atoms with Crippen LogP contribution in [-0.2, 0) is 9.59 Å². The molecule has 4 unspecified atom stereocenters. The zero-order chi connectivity index (χ0) is 11.6. The highest BCUT2D eigenvalue weighted by Gasteiger charge is 2.54. The number of allylic oxidation sites excluding steroid dienone is 4. The maximum atomic E-state index is 12.4. The van der Waals surface area contributed by atoms with E-state index in [1.807, 2.05) is 0 Å². The third-order valence-corrected chi connectivity index (χ3v) is 5.06. The van der Waals surface area contributed by atoms with Gasteiger partial charge in [-0.2, -0.15) is 0 Å². The molecule has 0 aromatic heterocycles. The van der Waals surface area contributed by atoms with Gasteiger partial charge in [0, 0.05) is 11.8 Å². The van der Waals surface area contributed by atoms with Crippen LogP contribution in [0.4, 0.5) is 0 Å². The maximum Gasteiger partial charge on any atom is 0.162 e. The van der Waals surface area contributed by atoms with Gasteiger partial charge in [-0.1, -0.05) is 12.2 Å². The van der Waals surface area contributed by atoms with Crippen LogP contribution in [0.25, 0.3) is 0 Å². The molecule has 4 aliphatic carbocycles. The second kappa shape index (κ2) is 3.18. The number of ketones is 2. The van der Waals surface area contributed by atoms with Gasteiger partial charge < -0.3 is 0 Å². The van der Waals surface area contributed by atoms with Crippen LogP contribution in [-0.4, -0.2) is 11.6 Å². The van der Waals surface area contributed by atoms with Crippen LogP contribution in [0.1, 0.15) is 32.1 Å². The van der Waals surface area contributed by atoms with Crippen molar-refractivity contribution in [3.05, 3.63) is 23.3 Å². The van der Waals surface area contributed by atoms with Gasteiger partial charge in [-0.15, -0.1) is 0 Å². The van der Waals surface area contributed by atoms with Gasteiger partial charge in [-0.3, -0.25) is 9.59 Å². The molecule has 4 aliphatic rings. The summed E-state index contributed by atoms with van der Waals surface area (Å²) in [6, 6.07) is 0. The quantitative estimate of drug-likeness (QED) is 0.638. The lowest BCUT2D eigenvalue weighted by Gasteiger charge is -2.17. The molecule has 0 aromatic rings. The highest BCUT2D eigenvalue weighted by Crippen LogP contribution is 2.53. The summed E-state index contributed by atoms with van der Waals surface area (Å²) in [7, 11) is 0. The van der Waals surface area contributed by atoms with Crippen molar-refractivity contribution in [1.29, 1.82) is 0 Å². The molecule has 0 heterocycles. The largest absolute Gasteiger partial charge is 0.294 e. The van der Waals surface area contributed by atoms with E-state index in [1.54, 1.807) is 0 Å². The minimum atomic E-state index is 0.00866. The minimum absolute atomic E-state index is 0.00866. The number of rotatable bonds is 0. The summed E-state index contributed by atoms with van der Waals surface area (Å²) in [6.45, 7) is 0. The molecule has 4 atom stereocenters. The summed E-state index contributed by atoms with van der Waals surface area (Å²) in [4.78, 5) is 24.7. The number of carbonyl (C=O) groups excluding carboxylic acids is 2. The molecule has 2 nitrogen and oxygen atoms in total. The van der Waals surface area contributed by atoms with E-state index in [9.17, 15) is 9.59 Å². The summed E-state index contributed by atoms with van der Waals surface area (Å²) < 4.78 is 0. The predicted molar refractivity (Wildman–Crippen MR) is 63.2 cm³/mol. The van der Waals surface area contributed by atoms with Crippen molar-refractivity contribution >= 4 is 11.6 Å². The molecule has 4 rings (SSSR count).